The van der Waals surface area contributed by atoms with Gasteiger partial charge in [0, 0.05) is 18.3 Å². The topological polar surface area (TPSA) is 75.5 Å². The van der Waals surface area contributed by atoms with Gasteiger partial charge in [-0.05, 0) is 60.2 Å². The molecule has 1 aliphatic rings. The highest BCUT2D eigenvalue weighted by atomic mass is 16.2. The summed E-state index contributed by atoms with van der Waals surface area (Å²) in [5, 5.41) is 6.12. The summed E-state index contributed by atoms with van der Waals surface area (Å²) in [5.74, 6) is -0.240. The fourth-order valence-corrected chi connectivity index (χ4v) is 4.28. The smallest absolute Gasteiger partial charge is 0.270 e. The molecule has 0 saturated carbocycles. The normalized spacial score (nSPS) is 14.8. The highest BCUT2D eigenvalue weighted by Gasteiger charge is 2.26. The SMILES string of the molecule is Cc1ccc2ncc(C(=O)N[C@@H]3CCc4cc(C(=O)NCc5ccccc5)ccc43)n2c1. The lowest BCUT2D eigenvalue weighted by molar-refractivity contribution is 0.0927. The number of pyridine rings is 1. The second kappa shape index (κ2) is 8.30. The molecule has 0 radical (unpaired) electrons. The standard InChI is InChI=1S/C26H24N4O2/c1-17-7-12-24-27-15-23(30(24)16-17)26(32)29-22-11-9-19-13-20(8-10-21(19)22)25(31)28-14-18-5-3-2-4-6-18/h2-8,10,12-13,15-16,22H,9,11,14H2,1H3,(H,28,31)(H,29,32)/t22-/m1/s1. The number of nitrogens with zero attached hydrogens (tertiary/aromatic N) is 2. The number of nitrogens with one attached hydrogen (secondary N) is 2. The lowest BCUT2D eigenvalue weighted by Gasteiger charge is -2.14. The minimum Gasteiger partial charge on any atom is -0.348 e. The van der Waals surface area contributed by atoms with E-state index in [2.05, 4.69) is 15.6 Å². The van der Waals surface area contributed by atoms with E-state index in [-0.39, 0.29) is 17.9 Å². The van der Waals surface area contributed by atoms with Crippen LogP contribution in [0, 0.1) is 6.92 Å². The Labute approximate surface area is 186 Å². The maximum absolute atomic E-state index is 13.0. The molecule has 6 heteroatoms. The first-order chi connectivity index (χ1) is 15.6. The molecule has 0 bridgehead atoms. The molecule has 5 rings (SSSR count). The molecule has 4 aromatic rings. The highest BCUT2D eigenvalue weighted by Crippen LogP contribution is 2.32. The molecule has 32 heavy (non-hydrogen) atoms. The van der Waals surface area contributed by atoms with Gasteiger partial charge in [-0.2, -0.15) is 0 Å². The Hall–Kier alpha value is -3.93. The zero-order valence-corrected chi connectivity index (χ0v) is 17.8. The Morgan fingerprint density at radius 3 is 2.75 bits per heavy atom. The number of hydrogen-bond donors (Lipinski definition) is 2. The van der Waals surface area contributed by atoms with Crippen LogP contribution in [0.2, 0.25) is 0 Å². The first-order valence-corrected chi connectivity index (χ1v) is 10.8. The monoisotopic (exact) mass is 424 g/mol. The maximum atomic E-state index is 13.0. The molecule has 6 nitrogen and oxygen atoms in total. The lowest BCUT2D eigenvalue weighted by atomic mass is 10.0. The Morgan fingerprint density at radius 1 is 1.06 bits per heavy atom. The van der Waals surface area contributed by atoms with Gasteiger partial charge in [-0.15, -0.1) is 0 Å². The summed E-state index contributed by atoms with van der Waals surface area (Å²) in [4.78, 5) is 29.9. The molecule has 1 atom stereocenters. The molecule has 0 spiro atoms. The number of rotatable bonds is 5. The second-order valence-electron chi connectivity index (χ2n) is 8.22. The van der Waals surface area contributed by atoms with Crippen LogP contribution in [0.3, 0.4) is 0 Å². The van der Waals surface area contributed by atoms with Crippen molar-refractivity contribution in [2.24, 2.45) is 0 Å². The van der Waals surface area contributed by atoms with Gasteiger partial charge in [-0.3, -0.25) is 14.0 Å². The third-order valence-electron chi connectivity index (χ3n) is 5.97. The van der Waals surface area contributed by atoms with Gasteiger partial charge >= 0.3 is 0 Å². The molecular formula is C26H24N4O2. The molecule has 160 valence electrons. The van der Waals surface area contributed by atoms with Crippen LogP contribution in [-0.4, -0.2) is 21.2 Å². The molecule has 0 aliphatic heterocycles. The van der Waals surface area contributed by atoms with Crippen molar-refractivity contribution in [2.75, 3.05) is 0 Å². The molecule has 2 aromatic heterocycles. The van der Waals surface area contributed by atoms with Gasteiger partial charge < -0.3 is 10.6 Å². The predicted molar refractivity (Wildman–Crippen MR) is 123 cm³/mol. The Balaban J connectivity index is 1.28. The Kier molecular flexibility index (Phi) is 5.19. The average Bonchev–Trinajstić information content (AvgIpc) is 3.41. The first kappa shape index (κ1) is 20.0. The van der Waals surface area contributed by atoms with Gasteiger partial charge in [-0.25, -0.2) is 4.98 Å². The van der Waals surface area contributed by atoms with Crippen LogP contribution >= 0.6 is 0 Å². The van der Waals surface area contributed by atoms with Crippen LogP contribution in [0.1, 0.15) is 55.6 Å². The van der Waals surface area contributed by atoms with E-state index in [1.807, 2.05) is 78.2 Å². The molecule has 1 aliphatic carbocycles. The summed E-state index contributed by atoms with van der Waals surface area (Å²) in [6.07, 6.45) is 5.17. The number of amides is 2. The largest absolute Gasteiger partial charge is 0.348 e. The van der Waals surface area contributed by atoms with E-state index in [1.54, 1.807) is 6.20 Å². The maximum Gasteiger partial charge on any atom is 0.270 e. The zero-order chi connectivity index (χ0) is 22.1. The number of imidazole rings is 1. The molecule has 2 aromatic carbocycles. The van der Waals surface area contributed by atoms with Crippen LogP contribution in [0.15, 0.2) is 73.1 Å². The van der Waals surface area contributed by atoms with Crippen molar-refractivity contribution in [3.8, 4) is 0 Å². The minimum atomic E-state index is -0.148. The fourth-order valence-electron chi connectivity index (χ4n) is 4.28. The lowest BCUT2D eigenvalue weighted by Crippen LogP contribution is -2.28. The second-order valence-corrected chi connectivity index (χ2v) is 8.22. The van der Waals surface area contributed by atoms with Crippen molar-refractivity contribution in [2.45, 2.75) is 32.4 Å². The zero-order valence-electron chi connectivity index (χ0n) is 17.8. The van der Waals surface area contributed by atoms with Gasteiger partial charge in [0.1, 0.15) is 11.3 Å². The van der Waals surface area contributed by atoms with Gasteiger partial charge in [0.05, 0.1) is 12.2 Å². The third-order valence-corrected chi connectivity index (χ3v) is 5.97. The van der Waals surface area contributed by atoms with E-state index in [0.29, 0.717) is 17.8 Å². The average molecular weight is 425 g/mol. The molecule has 0 saturated heterocycles. The highest BCUT2D eigenvalue weighted by molar-refractivity contribution is 5.95. The number of hydrogen-bond acceptors (Lipinski definition) is 3. The van der Waals surface area contributed by atoms with E-state index in [1.165, 1.54) is 0 Å². The summed E-state index contributed by atoms with van der Waals surface area (Å²) in [6, 6.07) is 19.4. The summed E-state index contributed by atoms with van der Waals surface area (Å²) in [7, 11) is 0. The van der Waals surface area contributed by atoms with Crippen molar-refractivity contribution < 1.29 is 9.59 Å². The van der Waals surface area contributed by atoms with E-state index in [0.717, 1.165) is 40.7 Å². The summed E-state index contributed by atoms with van der Waals surface area (Å²) in [6.45, 7) is 2.48. The van der Waals surface area contributed by atoms with Gasteiger partial charge in [0.15, 0.2) is 0 Å². The molecule has 0 unspecified atom stereocenters. The van der Waals surface area contributed by atoms with E-state index < -0.39 is 0 Å². The minimum absolute atomic E-state index is 0.0747. The van der Waals surface area contributed by atoms with E-state index in [9.17, 15) is 9.59 Å². The molecule has 2 amide bonds. The van der Waals surface area contributed by atoms with E-state index >= 15 is 0 Å². The first-order valence-electron chi connectivity index (χ1n) is 10.8. The Morgan fingerprint density at radius 2 is 1.91 bits per heavy atom. The number of aryl methyl sites for hydroxylation is 2. The van der Waals surface area contributed by atoms with Crippen LogP contribution in [0.4, 0.5) is 0 Å². The third kappa shape index (κ3) is 3.87. The summed E-state index contributed by atoms with van der Waals surface area (Å²) >= 11 is 0. The van der Waals surface area contributed by atoms with Gasteiger partial charge in [0.25, 0.3) is 11.8 Å². The van der Waals surface area contributed by atoms with Crippen LogP contribution < -0.4 is 10.6 Å². The summed E-state index contributed by atoms with van der Waals surface area (Å²) in [5.41, 5.74) is 6.22. The van der Waals surface area contributed by atoms with Crippen molar-refractivity contribution in [3.63, 3.8) is 0 Å². The quantitative estimate of drug-likeness (QED) is 0.509. The molecule has 2 heterocycles. The number of fused-ring (bicyclic) bond motifs is 2. The number of aromatic nitrogens is 2. The van der Waals surface area contributed by atoms with Crippen LogP contribution in [-0.2, 0) is 13.0 Å². The number of carbonyl (C=O) groups excluding carboxylic acids is 2. The van der Waals surface area contributed by atoms with Crippen molar-refractivity contribution in [1.82, 2.24) is 20.0 Å². The van der Waals surface area contributed by atoms with Crippen LogP contribution in [0.25, 0.3) is 5.65 Å². The van der Waals surface area contributed by atoms with Crippen molar-refractivity contribution in [1.29, 1.82) is 0 Å². The van der Waals surface area contributed by atoms with E-state index in [4.69, 9.17) is 0 Å². The predicted octanol–water partition coefficient (Wildman–Crippen LogP) is 3.99. The fraction of sp³-hybridized carbons (Fsp3) is 0.192. The number of benzene rings is 2. The Bertz CT molecular complexity index is 1310. The summed E-state index contributed by atoms with van der Waals surface area (Å²) < 4.78 is 1.82. The number of carbonyl (C=O) groups is 2. The van der Waals surface area contributed by atoms with Crippen molar-refractivity contribution in [3.05, 3.63) is 107 Å². The van der Waals surface area contributed by atoms with Gasteiger partial charge in [0.2, 0.25) is 0 Å². The van der Waals surface area contributed by atoms with Crippen LogP contribution in [0.5, 0.6) is 0 Å². The molecule has 2 N–H and O–H groups in total. The molecular weight excluding hydrogens is 400 g/mol. The molecule has 0 fully saturated rings. The van der Waals surface area contributed by atoms with Crippen molar-refractivity contribution >= 4 is 17.5 Å². The van der Waals surface area contributed by atoms with Gasteiger partial charge in [-0.1, -0.05) is 42.5 Å².